The molecule has 1 aromatic heterocycles. The number of fused-ring (bicyclic) bond motifs is 1. The van der Waals surface area contributed by atoms with Crippen LogP contribution in [0.25, 0.3) is 10.2 Å². The van der Waals surface area contributed by atoms with Crippen LogP contribution in [0.15, 0.2) is 41.2 Å². The summed E-state index contributed by atoms with van der Waals surface area (Å²) in [5.41, 5.74) is 4.17. The van der Waals surface area contributed by atoms with Crippen molar-refractivity contribution in [2.75, 3.05) is 32.7 Å². The summed E-state index contributed by atoms with van der Waals surface area (Å²) in [6.07, 6.45) is 8.13. The van der Waals surface area contributed by atoms with E-state index in [1.165, 1.54) is 30.4 Å². The number of H-pyrrole nitrogens is 1. The van der Waals surface area contributed by atoms with Crippen molar-refractivity contribution < 1.29 is 9.90 Å². The van der Waals surface area contributed by atoms with E-state index < -0.39 is 0 Å². The van der Waals surface area contributed by atoms with Crippen LogP contribution in [0.3, 0.4) is 0 Å². The Morgan fingerprint density at radius 1 is 1.05 bits per heavy atom. The minimum Gasteiger partial charge on any atom is -0.506 e. The van der Waals surface area contributed by atoms with Gasteiger partial charge in [0.05, 0.1) is 4.70 Å². The van der Waals surface area contributed by atoms with Gasteiger partial charge in [-0.05, 0) is 62.9 Å². The largest absolute Gasteiger partial charge is 0.506 e. The molecule has 1 aliphatic rings. The summed E-state index contributed by atoms with van der Waals surface area (Å²) >= 11 is 1.14. The number of aromatic nitrogens is 1. The summed E-state index contributed by atoms with van der Waals surface area (Å²) in [7, 11) is 0. The summed E-state index contributed by atoms with van der Waals surface area (Å²) in [5, 5.41) is 16.9. The van der Waals surface area contributed by atoms with E-state index in [0.29, 0.717) is 24.5 Å². The molecule has 1 fully saturated rings. The number of nitrogens with zero attached hydrogens (tertiary/aromatic N) is 1. The highest BCUT2D eigenvalue weighted by atomic mass is 32.1. The van der Waals surface area contributed by atoms with Gasteiger partial charge in [-0.3, -0.25) is 9.59 Å². The molecule has 0 aliphatic heterocycles. The normalized spacial score (nSPS) is 14.3. The highest BCUT2D eigenvalue weighted by molar-refractivity contribution is 7.16. The Bertz CT molecular complexity index is 1220. The minimum atomic E-state index is -0.156. The Kier molecular flexibility index (Phi) is 10.2. The quantitative estimate of drug-likeness (QED) is 0.252. The molecule has 200 valence electrons. The average molecular weight is 525 g/mol. The molecule has 1 amide bonds. The van der Waals surface area contributed by atoms with Crippen molar-refractivity contribution >= 4 is 27.5 Å². The highest BCUT2D eigenvalue weighted by Crippen LogP contribution is 2.28. The maximum Gasteiger partial charge on any atom is 0.305 e. The van der Waals surface area contributed by atoms with Gasteiger partial charge in [0, 0.05) is 32.1 Å². The number of aromatic amines is 1. The SMILES string of the molecule is Cc1cccc(CCNCCC(=O)N(CCNCCc2ccc(O)c3[nH]c(=O)sc23)C2CCCCC2)c1. The fraction of sp³-hybridized carbons (Fsp3) is 0.517. The lowest BCUT2D eigenvalue weighted by Gasteiger charge is -2.34. The number of hydrogen-bond acceptors (Lipinski definition) is 6. The smallest absolute Gasteiger partial charge is 0.305 e. The molecule has 37 heavy (non-hydrogen) atoms. The van der Waals surface area contributed by atoms with E-state index in [2.05, 4.69) is 51.7 Å². The van der Waals surface area contributed by atoms with Crippen LogP contribution >= 0.6 is 11.3 Å². The van der Waals surface area contributed by atoms with Gasteiger partial charge < -0.3 is 25.6 Å². The number of aromatic hydroxyl groups is 1. The summed E-state index contributed by atoms with van der Waals surface area (Å²) in [6.45, 7) is 5.91. The van der Waals surface area contributed by atoms with Gasteiger partial charge in [-0.15, -0.1) is 0 Å². The second-order valence-electron chi connectivity index (χ2n) is 10.1. The van der Waals surface area contributed by atoms with Crippen LogP contribution in [0, 0.1) is 6.92 Å². The Morgan fingerprint density at radius 3 is 2.65 bits per heavy atom. The van der Waals surface area contributed by atoms with Crippen molar-refractivity contribution in [3.63, 3.8) is 0 Å². The molecule has 0 spiro atoms. The van der Waals surface area contributed by atoms with Crippen LogP contribution in [0.1, 0.15) is 55.2 Å². The molecule has 0 radical (unpaired) electrons. The first-order chi connectivity index (χ1) is 18.0. The molecule has 1 saturated carbocycles. The zero-order valence-electron chi connectivity index (χ0n) is 21.9. The van der Waals surface area contributed by atoms with E-state index in [9.17, 15) is 14.7 Å². The second-order valence-corrected chi connectivity index (χ2v) is 11.1. The van der Waals surface area contributed by atoms with Gasteiger partial charge in [0.15, 0.2) is 0 Å². The average Bonchev–Trinajstić information content (AvgIpc) is 3.30. The van der Waals surface area contributed by atoms with E-state index in [4.69, 9.17) is 0 Å². The summed E-state index contributed by atoms with van der Waals surface area (Å²) in [5.74, 6) is 0.352. The number of rotatable bonds is 13. The lowest BCUT2D eigenvalue weighted by molar-refractivity contribution is -0.134. The molecule has 8 heteroatoms. The Morgan fingerprint density at radius 2 is 1.84 bits per heavy atom. The molecule has 0 atom stereocenters. The number of aryl methyl sites for hydroxylation is 1. The van der Waals surface area contributed by atoms with Gasteiger partial charge in [0.1, 0.15) is 11.3 Å². The third kappa shape index (κ3) is 7.90. The van der Waals surface area contributed by atoms with Crippen LogP contribution in [0.2, 0.25) is 0 Å². The topological polar surface area (TPSA) is 97.5 Å². The zero-order chi connectivity index (χ0) is 26.0. The van der Waals surface area contributed by atoms with Gasteiger partial charge in [-0.2, -0.15) is 0 Å². The van der Waals surface area contributed by atoms with E-state index in [1.807, 2.05) is 6.07 Å². The van der Waals surface area contributed by atoms with Crippen molar-refractivity contribution in [1.82, 2.24) is 20.5 Å². The van der Waals surface area contributed by atoms with Gasteiger partial charge >= 0.3 is 4.87 Å². The number of phenols is 1. The molecule has 4 rings (SSSR count). The fourth-order valence-corrected chi connectivity index (χ4v) is 6.18. The maximum absolute atomic E-state index is 13.2. The summed E-state index contributed by atoms with van der Waals surface area (Å²) in [6, 6.07) is 12.5. The standard InChI is InChI=1S/C29H40N4O3S/c1-21-6-5-7-22(20-21)12-15-30-17-14-26(35)33(24-8-3-2-4-9-24)19-18-31-16-13-23-10-11-25(34)27-28(23)37-29(36)32-27/h5-7,10-11,20,24,30-31,34H,2-4,8-9,12-19H2,1H3,(H,32,36). The van der Waals surface area contributed by atoms with Gasteiger partial charge in [0.2, 0.25) is 5.91 Å². The second kappa shape index (κ2) is 13.7. The number of thiazole rings is 1. The number of hydrogen-bond donors (Lipinski definition) is 4. The minimum absolute atomic E-state index is 0.108. The number of carbonyl (C=O) groups is 1. The molecule has 2 aromatic carbocycles. The molecule has 1 aliphatic carbocycles. The van der Waals surface area contributed by atoms with Crippen LogP contribution in [0.4, 0.5) is 0 Å². The van der Waals surface area contributed by atoms with E-state index in [0.717, 1.165) is 73.5 Å². The van der Waals surface area contributed by atoms with E-state index in [1.54, 1.807) is 6.07 Å². The molecule has 0 unspecified atom stereocenters. The van der Waals surface area contributed by atoms with Gasteiger partial charge in [-0.25, -0.2) is 0 Å². The Balaban J connectivity index is 1.22. The fourth-order valence-electron chi connectivity index (χ4n) is 5.29. The number of nitrogens with one attached hydrogen (secondary N) is 3. The number of carbonyl (C=O) groups excluding carboxylic acids is 1. The molecular formula is C29H40N4O3S. The molecular weight excluding hydrogens is 484 g/mol. The molecule has 7 nitrogen and oxygen atoms in total. The molecule has 0 bridgehead atoms. The predicted molar refractivity (Wildman–Crippen MR) is 152 cm³/mol. The van der Waals surface area contributed by atoms with Crippen molar-refractivity contribution in [2.24, 2.45) is 0 Å². The van der Waals surface area contributed by atoms with Crippen molar-refractivity contribution in [2.45, 2.75) is 64.3 Å². The molecule has 0 saturated heterocycles. The number of amides is 1. The zero-order valence-corrected chi connectivity index (χ0v) is 22.7. The predicted octanol–water partition coefficient (Wildman–Crippen LogP) is 4.12. The number of benzene rings is 2. The van der Waals surface area contributed by atoms with Crippen molar-refractivity contribution in [3.05, 3.63) is 62.8 Å². The number of phenolic OH excluding ortho intramolecular Hbond substituents is 1. The molecule has 1 heterocycles. The molecule has 4 N–H and O–H groups in total. The van der Waals surface area contributed by atoms with E-state index in [-0.39, 0.29) is 16.5 Å². The highest BCUT2D eigenvalue weighted by Gasteiger charge is 2.24. The van der Waals surface area contributed by atoms with Gasteiger partial charge in [0.25, 0.3) is 0 Å². The third-order valence-corrected chi connectivity index (χ3v) is 8.22. The lowest BCUT2D eigenvalue weighted by Crippen LogP contribution is -2.45. The summed E-state index contributed by atoms with van der Waals surface area (Å²) < 4.78 is 0.820. The van der Waals surface area contributed by atoms with Crippen LogP contribution in [0.5, 0.6) is 5.75 Å². The maximum atomic E-state index is 13.2. The van der Waals surface area contributed by atoms with Crippen LogP contribution < -0.4 is 15.5 Å². The van der Waals surface area contributed by atoms with Crippen LogP contribution in [-0.2, 0) is 17.6 Å². The lowest BCUT2D eigenvalue weighted by atomic mass is 9.94. The van der Waals surface area contributed by atoms with E-state index >= 15 is 0 Å². The first-order valence-electron chi connectivity index (χ1n) is 13.6. The Labute approximate surface area is 223 Å². The van der Waals surface area contributed by atoms with Crippen molar-refractivity contribution in [3.8, 4) is 5.75 Å². The first kappa shape index (κ1) is 27.4. The van der Waals surface area contributed by atoms with Crippen molar-refractivity contribution in [1.29, 1.82) is 0 Å². The molecule has 3 aromatic rings. The van der Waals surface area contributed by atoms with Crippen LogP contribution in [-0.4, -0.2) is 59.7 Å². The third-order valence-electron chi connectivity index (χ3n) is 7.26. The van der Waals surface area contributed by atoms with Gasteiger partial charge in [-0.1, -0.05) is 66.5 Å². The Hall–Kier alpha value is -2.68. The monoisotopic (exact) mass is 524 g/mol. The summed E-state index contributed by atoms with van der Waals surface area (Å²) in [4.78, 5) is 29.6. The first-order valence-corrected chi connectivity index (χ1v) is 14.4.